The third-order valence-electron chi connectivity index (χ3n) is 4.37. The van der Waals surface area contributed by atoms with E-state index < -0.39 is 21.5 Å². The highest BCUT2D eigenvalue weighted by Gasteiger charge is 2.26. The Bertz CT molecular complexity index is 989. The first-order valence-corrected chi connectivity index (χ1v) is 11.0. The summed E-state index contributed by atoms with van der Waals surface area (Å²) in [5.41, 5.74) is 1.46. The molecule has 3 rings (SSSR count). The Hall–Kier alpha value is -1.88. The summed E-state index contributed by atoms with van der Waals surface area (Å²) in [6.07, 6.45) is 2.71. The van der Waals surface area contributed by atoms with Crippen LogP contribution in [0.25, 0.3) is 0 Å². The van der Waals surface area contributed by atoms with Gasteiger partial charge in [-0.1, -0.05) is 18.5 Å². The second-order valence-electron chi connectivity index (χ2n) is 6.43. The fraction of sp³-hybridized carbons (Fsp3) is 0.333. The maximum absolute atomic E-state index is 12.4. The van der Waals surface area contributed by atoms with Crippen LogP contribution in [-0.2, 0) is 27.5 Å². The number of sulfone groups is 1. The molecule has 0 aliphatic heterocycles. The topological polar surface area (TPSA) is 87.0 Å². The number of hydrogen-bond acceptors (Lipinski definition) is 5. The zero-order chi connectivity index (χ0) is 18.9. The molecule has 0 radical (unpaired) electrons. The molecule has 1 amide bonds. The van der Waals surface area contributed by atoms with Crippen molar-refractivity contribution in [1.29, 1.82) is 5.26 Å². The monoisotopic (exact) mass is 408 g/mol. The molecule has 1 aliphatic rings. The Labute approximate surface area is 161 Å². The lowest BCUT2D eigenvalue weighted by Gasteiger charge is -2.17. The van der Waals surface area contributed by atoms with Gasteiger partial charge >= 0.3 is 0 Å². The van der Waals surface area contributed by atoms with E-state index in [-0.39, 0.29) is 4.90 Å². The number of benzene rings is 1. The third kappa shape index (κ3) is 3.93. The van der Waals surface area contributed by atoms with Crippen molar-refractivity contribution in [3.63, 3.8) is 0 Å². The van der Waals surface area contributed by atoms with E-state index in [1.807, 2.05) is 0 Å². The van der Waals surface area contributed by atoms with Gasteiger partial charge in [-0.25, -0.2) is 8.42 Å². The van der Waals surface area contributed by atoms with E-state index in [1.165, 1.54) is 35.6 Å². The number of carbonyl (C=O) groups excluding carboxylic acids is 1. The Kier molecular flexibility index (Phi) is 5.37. The third-order valence-corrected chi connectivity index (χ3v) is 7.42. The SMILES string of the molecule is CC1CCc2c(sc(NC(=O)CS(=O)(=O)c3ccc(Cl)cc3)c2C#N)C1. The number of rotatable bonds is 4. The normalized spacial score (nSPS) is 16.6. The van der Waals surface area contributed by atoms with Crippen molar-refractivity contribution in [3.8, 4) is 6.07 Å². The summed E-state index contributed by atoms with van der Waals surface area (Å²) in [4.78, 5) is 13.4. The molecule has 1 heterocycles. The minimum atomic E-state index is -3.78. The van der Waals surface area contributed by atoms with Gasteiger partial charge in [-0.3, -0.25) is 4.79 Å². The number of nitrogens with zero attached hydrogens (tertiary/aromatic N) is 1. The Balaban J connectivity index is 1.78. The van der Waals surface area contributed by atoms with Gasteiger partial charge in [0, 0.05) is 9.90 Å². The van der Waals surface area contributed by atoms with Crippen LogP contribution in [0.2, 0.25) is 5.02 Å². The highest BCUT2D eigenvalue weighted by Crippen LogP contribution is 2.39. The van der Waals surface area contributed by atoms with Crippen LogP contribution in [0.15, 0.2) is 29.2 Å². The summed E-state index contributed by atoms with van der Waals surface area (Å²) in [5, 5.41) is 12.9. The standard InChI is InChI=1S/C18H17ClN2O3S2/c1-11-2-7-14-15(9-20)18(25-16(14)8-11)21-17(22)10-26(23,24)13-5-3-12(19)4-6-13/h3-6,11H,2,7-8,10H2,1H3,(H,21,22). The van der Waals surface area contributed by atoms with Gasteiger partial charge in [0.1, 0.15) is 16.8 Å². The minimum absolute atomic E-state index is 0.0388. The van der Waals surface area contributed by atoms with Crippen LogP contribution in [0.4, 0.5) is 5.00 Å². The number of carbonyl (C=O) groups is 1. The molecule has 1 atom stereocenters. The van der Waals surface area contributed by atoms with Crippen molar-refractivity contribution in [3.05, 3.63) is 45.3 Å². The summed E-state index contributed by atoms with van der Waals surface area (Å²) in [6, 6.07) is 7.83. The minimum Gasteiger partial charge on any atom is -0.316 e. The van der Waals surface area contributed by atoms with Crippen LogP contribution in [0.5, 0.6) is 0 Å². The predicted molar refractivity (Wildman–Crippen MR) is 102 cm³/mol. The molecule has 0 spiro atoms. The van der Waals surface area contributed by atoms with E-state index >= 15 is 0 Å². The van der Waals surface area contributed by atoms with Gasteiger partial charge in [0.2, 0.25) is 5.91 Å². The van der Waals surface area contributed by atoms with Crippen molar-refractivity contribution in [2.75, 3.05) is 11.1 Å². The van der Waals surface area contributed by atoms with Gasteiger partial charge in [-0.05, 0) is 55.0 Å². The number of nitriles is 1. The summed E-state index contributed by atoms with van der Waals surface area (Å²) in [5.74, 6) is -0.789. The maximum atomic E-state index is 12.4. The molecule has 1 unspecified atom stereocenters. The van der Waals surface area contributed by atoms with E-state index in [1.54, 1.807) is 0 Å². The van der Waals surface area contributed by atoms with Gasteiger partial charge in [0.15, 0.2) is 9.84 Å². The Morgan fingerprint density at radius 1 is 1.38 bits per heavy atom. The first-order chi connectivity index (χ1) is 12.3. The highest BCUT2D eigenvalue weighted by molar-refractivity contribution is 7.92. The maximum Gasteiger partial charge on any atom is 0.240 e. The van der Waals surface area contributed by atoms with Crippen molar-refractivity contribution in [1.82, 2.24) is 0 Å². The first-order valence-electron chi connectivity index (χ1n) is 8.13. The molecular weight excluding hydrogens is 392 g/mol. The molecule has 136 valence electrons. The molecule has 1 aromatic carbocycles. The number of thiophene rings is 1. The number of halogens is 1. The van der Waals surface area contributed by atoms with Crippen LogP contribution < -0.4 is 5.32 Å². The van der Waals surface area contributed by atoms with Crippen LogP contribution in [0.1, 0.15) is 29.3 Å². The van der Waals surface area contributed by atoms with E-state index in [0.717, 1.165) is 29.7 Å². The lowest BCUT2D eigenvalue weighted by molar-refractivity contribution is -0.113. The van der Waals surface area contributed by atoms with Gasteiger partial charge in [-0.15, -0.1) is 11.3 Å². The van der Waals surface area contributed by atoms with Crippen LogP contribution in [0.3, 0.4) is 0 Å². The molecule has 0 saturated heterocycles. The molecule has 5 nitrogen and oxygen atoms in total. The molecule has 0 bridgehead atoms. The molecule has 1 N–H and O–H groups in total. The van der Waals surface area contributed by atoms with E-state index in [9.17, 15) is 18.5 Å². The fourth-order valence-electron chi connectivity index (χ4n) is 3.02. The first kappa shape index (κ1) is 18.9. The molecule has 8 heteroatoms. The van der Waals surface area contributed by atoms with Crippen molar-refractivity contribution >= 4 is 43.7 Å². The smallest absolute Gasteiger partial charge is 0.240 e. The van der Waals surface area contributed by atoms with Crippen molar-refractivity contribution < 1.29 is 13.2 Å². The second kappa shape index (κ2) is 7.39. The average molecular weight is 409 g/mol. The second-order valence-corrected chi connectivity index (χ2v) is 9.96. The summed E-state index contributed by atoms with van der Waals surface area (Å²) in [6.45, 7) is 2.16. The number of fused-ring (bicyclic) bond motifs is 1. The zero-order valence-corrected chi connectivity index (χ0v) is 16.5. The number of hydrogen-bond donors (Lipinski definition) is 1. The predicted octanol–water partition coefficient (Wildman–Crippen LogP) is 3.81. The number of anilines is 1. The summed E-state index contributed by atoms with van der Waals surface area (Å²) in [7, 11) is -3.78. The van der Waals surface area contributed by atoms with E-state index in [4.69, 9.17) is 11.6 Å². The lowest BCUT2D eigenvalue weighted by Crippen LogP contribution is -2.23. The molecular formula is C18H17ClN2O3S2. The molecule has 1 aromatic heterocycles. The summed E-state index contributed by atoms with van der Waals surface area (Å²) < 4.78 is 24.7. The molecule has 0 saturated carbocycles. The lowest BCUT2D eigenvalue weighted by atomic mass is 9.89. The summed E-state index contributed by atoms with van der Waals surface area (Å²) >= 11 is 7.14. The number of nitrogens with one attached hydrogen (secondary N) is 1. The fourth-order valence-corrected chi connectivity index (χ4v) is 5.66. The average Bonchev–Trinajstić information content (AvgIpc) is 2.90. The molecule has 2 aromatic rings. The number of amides is 1. The molecule has 1 aliphatic carbocycles. The van der Waals surface area contributed by atoms with Crippen LogP contribution in [-0.4, -0.2) is 20.1 Å². The van der Waals surface area contributed by atoms with Crippen molar-refractivity contribution in [2.45, 2.75) is 31.1 Å². The zero-order valence-electron chi connectivity index (χ0n) is 14.1. The van der Waals surface area contributed by atoms with Crippen molar-refractivity contribution in [2.24, 2.45) is 5.92 Å². The van der Waals surface area contributed by atoms with Crippen LogP contribution in [0, 0.1) is 17.2 Å². The van der Waals surface area contributed by atoms with Gasteiger partial charge in [-0.2, -0.15) is 5.26 Å². The Morgan fingerprint density at radius 3 is 2.73 bits per heavy atom. The van der Waals surface area contributed by atoms with E-state index in [0.29, 0.717) is 21.5 Å². The Morgan fingerprint density at radius 2 is 2.08 bits per heavy atom. The highest BCUT2D eigenvalue weighted by atomic mass is 35.5. The molecule has 26 heavy (non-hydrogen) atoms. The van der Waals surface area contributed by atoms with Gasteiger partial charge in [0.25, 0.3) is 0 Å². The van der Waals surface area contributed by atoms with Crippen LogP contribution >= 0.6 is 22.9 Å². The molecule has 0 fully saturated rings. The van der Waals surface area contributed by atoms with Gasteiger partial charge in [0.05, 0.1) is 10.5 Å². The van der Waals surface area contributed by atoms with Gasteiger partial charge < -0.3 is 5.32 Å². The quantitative estimate of drug-likeness (QED) is 0.833. The largest absolute Gasteiger partial charge is 0.316 e. The van der Waals surface area contributed by atoms with E-state index in [2.05, 4.69) is 18.3 Å².